The molecule has 0 heterocycles. The van der Waals surface area contributed by atoms with Gasteiger partial charge in [0.25, 0.3) is 0 Å². The van der Waals surface area contributed by atoms with E-state index in [1.807, 2.05) is 20.8 Å². The summed E-state index contributed by atoms with van der Waals surface area (Å²) in [6, 6.07) is 0. The Bertz CT molecular complexity index is 366. The van der Waals surface area contributed by atoms with Gasteiger partial charge in [-0.05, 0) is 56.3 Å². The van der Waals surface area contributed by atoms with E-state index >= 15 is 0 Å². The van der Waals surface area contributed by atoms with Crippen molar-refractivity contribution in [1.29, 1.82) is 0 Å². The average molecular weight is 608 g/mol. The van der Waals surface area contributed by atoms with Crippen molar-refractivity contribution in [2.45, 2.75) is 119 Å². The minimum absolute atomic E-state index is 0. The molecule has 0 spiro atoms. The van der Waals surface area contributed by atoms with E-state index in [0.29, 0.717) is 19.3 Å². The van der Waals surface area contributed by atoms with Crippen LogP contribution in [0.5, 0.6) is 0 Å². The number of aliphatic carboxylic acids is 3. The molecule has 0 aromatic carbocycles. The average Bonchev–Trinajstić information content (AvgIpc) is 2.70. The zero-order chi connectivity index (χ0) is 23.9. The molecule has 6 nitrogen and oxygen atoms in total. The Hall–Kier alpha value is -0.720. The number of hydrogen-bond donors (Lipinski definition) is 0. The molecule has 3 atom stereocenters. The van der Waals surface area contributed by atoms with E-state index < -0.39 is 17.9 Å². The van der Waals surface area contributed by atoms with Crippen LogP contribution in [0.2, 0.25) is 0 Å². The molecule has 0 aromatic rings. The van der Waals surface area contributed by atoms with Crippen molar-refractivity contribution in [2.75, 3.05) is 0 Å². The van der Waals surface area contributed by atoms with Crippen LogP contribution in [-0.4, -0.2) is 17.9 Å². The summed E-state index contributed by atoms with van der Waals surface area (Å²) in [7, 11) is 0. The van der Waals surface area contributed by atoms with Gasteiger partial charge in [-0.1, -0.05) is 80.1 Å². The van der Waals surface area contributed by atoms with Crippen molar-refractivity contribution in [3.05, 3.63) is 0 Å². The normalized spacial score (nSPS) is 12.6. The van der Waals surface area contributed by atoms with E-state index in [-0.39, 0.29) is 43.6 Å². The molecule has 0 fully saturated rings. The van der Waals surface area contributed by atoms with Crippen LogP contribution in [0.3, 0.4) is 0 Å². The van der Waals surface area contributed by atoms with Crippen LogP contribution in [0.25, 0.3) is 0 Å². The van der Waals surface area contributed by atoms with Gasteiger partial charge in [0.2, 0.25) is 0 Å². The first-order valence-corrected chi connectivity index (χ1v) is 11.8. The second-order valence-corrected chi connectivity index (χ2v) is 7.70. The van der Waals surface area contributed by atoms with E-state index in [1.54, 1.807) is 0 Å². The molecule has 31 heavy (non-hydrogen) atoms. The molecular formula is C24H45HfO6. The summed E-state index contributed by atoms with van der Waals surface area (Å²) in [6.07, 6.45) is 10.6. The van der Waals surface area contributed by atoms with Gasteiger partial charge in [-0.2, -0.15) is 0 Å². The molecule has 0 aromatic heterocycles. The Balaban J connectivity index is -0.000000174. The molecule has 0 saturated carbocycles. The molecule has 0 saturated heterocycles. The second-order valence-electron chi connectivity index (χ2n) is 7.70. The molecule has 7 heteroatoms. The number of hydrogen-bond acceptors (Lipinski definition) is 6. The van der Waals surface area contributed by atoms with Gasteiger partial charge in [0.15, 0.2) is 0 Å². The maximum absolute atomic E-state index is 10.3. The van der Waals surface area contributed by atoms with Crippen LogP contribution in [-0.2, 0) is 40.2 Å². The molecule has 3 unspecified atom stereocenters. The number of carbonyl (C=O) groups excluding carboxylic acids is 3. The first-order chi connectivity index (χ1) is 14.2. The van der Waals surface area contributed by atoms with E-state index in [9.17, 15) is 29.7 Å². The fourth-order valence-corrected chi connectivity index (χ4v) is 2.82. The molecule has 0 aliphatic carbocycles. The molecule has 0 aliphatic heterocycles. The van der Waals surface area contributed by atoms with Crippen LogP contribution in [0, 0.1) is 17.8 Å². The minimum atomic E-state index is -0.893. The van der Waals surface area contributed by atoms with Gasteiger partial charge in [-0.15, -0.1) is 0 Å². The third kappa shape index (κ3) is 25.4. The molecule has 0 amide bonds. The first kappa shape index (κ1) is 37.6. The quantitative estimate of drug-likeness (QED) is 0.264. The molecule has 0 N–H and O–H groups in total. The third-order valence-electron chi connectivity index (χ3n) is 5.20. The maximum Gasteiger partial charge on any atom is 3.00 e. The zero-order valence-corrected chi connectivity index (χ0v) is 24.3. The Morgan fingerprint density at radius 2 is 0.710 bits per heavy atom. The predicted octanol–water partition coefficient (Wildman–Crippen LogP) is 2.86. The van der Waals surface area contributed by atoms with Crippen molar-refractivity contribution in [2.24, 2.45) is 17.8 Å². The molecule has 1 radical (unpaired) electrons. The van der Waals surface area contributed by atoms with Gasteiger partial charge >= 0.3 is 25.8 Å². The zero-order valence-electron chi connectivity index (χ0n) is 20.7. The van der Waals surface area contributed by atoms with E-state index in [4.69, 9.17) is 0 Å². The summed E-state index contributed by atoms with van der Waals surface area (Å²) in [5, 5.41) is 31.0. The van der Waals surface area contributed by atoms with Crippen molar-refractivity contribution >= 4 is 17.9 Å². The fourth-order valence-electron chi connectivity index (χ4n) is 2.82. The third-order valence-corrected chi connectivity index (χ3v) is 5.20. The minimum Gasteiger partial charge on any atom is -0.550 e. The van der Waals surface area contributed by atoms with Crippen LogP contribution in [0.4, 0.5) is 0 Å². The smallest absolute Gasteiger partial charge is 0.550 e. The topological polar surface area (TPSA) is 120 Å². The van der Waals surface area contributed by atoms with Crippen LogP contribution >= 0.6 is 0 Å². The second kappa shape index (κ2) is 27.3. The predicted molar refractivity (Wildman–Crippen MR) is 115 cm³/mol. The first-order valence-electron chi connectivity index (χ1n) is 11.8. The number of carboxylic acids is 3. The largest absolute Gasteiger partial charge is 3.00 e. The number of carboxylic acid groups (broad SMARTS) is 3. The summed E-state index contributed by atoms with van der Waals surface area (Å²) in [5.74, 6) is -3.34. The van der Waals surface area contributed by atoms with Gasteiger partial charge in [0.1, 0.15) is 0 Å². The summed E-state index contributed by atoms with van der Waals surface area (Å²) in [6.45, 7) is 11.8. The number of unbranched alkanes of at least 4 members (excludes halogenated alkanes) is 3. The Morgan fingerprint density at radius 1 is 0.516 bits per heavy atom. The summed E-state index contributed by atoms with van der Waals surface area (Å²) < 4.78 is 0. The molecule has 0 aliphatic rings. The number of carbonyl (C=O) groups is 3. The van der Waals surface area contributed by atoms with Gasteiger partial charge < -0.3 is 29.7 Å². The molecule has 0 rings (SSSR count). The van der Waals surface area contributed by atoms with Gasteiger partial charge in [-0.3, -0.25) is 0 Å². The summed E-state index contributed by atoms with van der Waals surface area (Å²) in [4.78, 5) is 31.0. The van der Waals surface area contributed by atoms with Crippen LogP contribution < -0.4 is 15.3 Å². The van der Waals surface area contributed by atoms with Crippen molar-refractivity contribution < 1.29 is 55.5 Å². The SMILES string of the molecule is CCCCC(CC)C(=O)[O-].CCCCC(CC)C(=O)[O-].CCCCC(CC)C(=O)[O-].[Hf+3]. The van der Waals surface area contributed by atoms with Gasteiger partial charge in [-0.25, -0.2) is 0 Å². The van der Waals surface area contributed by atoms with Crippen LogP contribution in [0.1, 0.15) is 119 Å². The van der Waals surface area contributed by atoms with Crippen molar-refractivity contribution in [1.82, 2.24) is 0 Å². The van der Waals surface area contributed by atoms with E-state index in [0.717, 1.165) is 57.8 Å². The standard InChI is InChI=1S/3C8H16O2.Hf/c3*1-3-5-6-7(4-2)8(9)10;/h3*7H,3-6H2,1-2H3,(H,9,10);/q;;;+3/p-3. The summed E-state index contributed by atoms with van der Waals surface area (Å²) in [5.41, 5.74) is 0. The van der Waals surface area contributed by atoms with E-state index in [1.165, 1.54) is 0 Å². The maximum atomic E-state index is 10.3. The van der Waals surface area contributed by atoms with Gasteiger partial charge in [0.05, 0.1) is 0 Å². The molecule has 181 valence electrons. The Labute approximate surface area is 209 Å². The summed E-state index contributed by atoms with van der Waals surface area (Å²) >= 11 is 0. The van der Waals surface area contributed by atoms with E-state index in [2.05, 4.69) is 20.8 Å². The monoisotopic (exact) mass is 609 g/mol. The molecular weight excluding hydrogens is 563 g/mol. The Morgan fingerprint density at radius 3 is 0.806 bits per heavy atom. The van der Waals surface area contributed by atoms with Crippen molar-refractivity contribution in [3.63, 3.8) is 0 Å². The fraction of sp³-hybridized carbons (Fsp3) is 0.875. The molecule has 0 bridgehead atoms. The van der Waals surface area contributed by atoms with Crippen molar-refractivity contribution in [3.8, 4) is 0 Å². The number of rotatable bonds is 15. The Kier molecular flexibility index (Phi) is 33.1. The van der Waals surface area contributed by atoms with Gasteiger partial charge in [0, 0.05) is 17.9 Å². The van der Waals surface area contributed by atoms with Crippen LogP contribution in [0.15, 0.2) is 0 Å².